The molecule has 1 aromatic carbocycles. The Morgan fingerprint density at radius 3 is 2.81 bits per heavy atom. The van der Waals surface area contributed by atoms with Crippen LogP contribution in [0.1, 0.15) is 37.5 Å². The summed E-state index contributed by atoms with van der Waals surface area (Å²) in [5.41, 5.74) is 3.16. The lowest BCUT2D eigenvalue weighted by Gasteiger charge is -2.37. The zero-order valence-electron chi connectivity index (χ0n) is 13.4. The summed E-state index contributed by atoms with van der Waals surface area (Å²) in [5, 5.41) is 3.50. The van der Waals surface area contributed by atoms with Crippen LogP contribution in [0.15, 0.2) is 24.3 Å². The Labute approximate surface area is 128 Å². The number of hydrogen-bond acceptors (Lipinski definition) is 3. The van der Waals surface area contributed by atoms with E-state index in [4.69, 9.17) is 4.74 Å². The highest BCUT2D eigenvalue weighted by molar-refractivity contribution is 5.24. The second-order valence-electron chi connectivity index (χ2n) is 6.93. The van der Waals surface area contributed by atoms with Crippen molar-refractivity contribution in [2.45, 2.75) is 32.8 Å². The van der Waals surface area contributed by atoms with E-state index >= 15 is 0 Å². The van der Waals surface area contributed by atoms with Crippen molar-refractivity contribution in [3.8, 4) is 0 Å². The number of rotatable bonds is 4. The van der Waals surface area contributed by atoms with Crippen LogP contribution in [0.3, 0.4) is 0 Å². The van der Waals surface area contributed by atoms with E-state index in [1.54, 1.807) is 0 Å². The molecule has 0 spiro atoms. The van der Waals surface area contributed by atoms with Crippen LogP contribution in [-0.4, -0.2) is 44.2 Å². The molecule has 21 heavy (non-hydrogen) atoms. The number of ether oxygens (including phenoxy) is 1. The van der Waals surface area contributed by atoms with E-state index in [-0.39, 0.29) is 6.10 Å². The van der Waals surface area contributed by atoms with Gasteiger partial charge in [-0.2, -0.15) is 0 Å². The molecule has 0 radical (unpaired) electrons. The van der Waals surface area contributed by atoms with Gasteiger partial charge in [-0.15, -0.1) is 0 Å². The maximum absolute atomic E-state index is 6.01. The van der Waals surface area contributed by atoms with E-state index in [1.165, 1.54) is 30.6 Å². The molecule has 0 saturated carbocycles. The summed E-state index contributed by atoms with van der Waals surface area (Å²) >= 11 is 0. The van der Waals surface area contributed by atoms with E-state index < -0.39 is 0 Å². The molecule has 1 aromatic rings. The van der Waals surface area contributed by atoms with E-state index in [0.717, 1.165) is 32.7 Å². The first-order valence-corrected chi connectivity index (χ1v) is 8.32. The van der Waals surface area contributed by atoms with Crippen molar-refractivity contribution in [1.82, 2.24) is 10.2 Å². The molecular weight excluding hydrogens is 260 g/mol. The van der Waals surface area contributed by atoms with Crippen LogP contribution >= 0.6 is 0 Å². The van der Waals surface area contributed by atoms with Crippen LogP contribution in [-0.2, 0) is 11.2 Å². The summed E-state index contributed by atoms with van der Waals surface area (Å²) in [6.07, 6.45) is 2.63. The van der Waals surface area contributed by atoms with Gasteiger partial charge >= 0.3 is 0 Å². The molecule has 3 nitrogen and oxygen atoms in total. The molecule has 2 fully saturated rings. The summed E-state index contributed by atoms with van der Waals surface area (Å²) in [7, 11) is 0. The average molecular weight is 288 g/mol. The third kappa shape index (κ3) is 3.65. The maximum atomic E-state index is 6.01. The normalized spacial score (nSPS) is 30.7. The highest BCUT2D eigenvalue weighted by atomic mass is 16.5. The van der Waals surface area contributed by atoms with E-state index in [2.05, 4.69) is 48.3 Å². The average Bonchev–Trinajstić information content (AvgIpc) is 2.94. The third-order valence-corrected chi connectivity index (χ3v) is 4.97. The molecule has 2 atom stereocenters. The first kappa shape index (κ1) is 15.0. The van der Waals surface area contributed by atoms with Crippen LogP contribution in [0.5, 0.6) is 0 Å². The highest BCUT2D eigenvalue weighted by Crippen LogP contribution is 2.29. The number of nitrogens with one attached hydrogen (secondary N) is 1. The van der Waals surface area contributed by atoms with Gasteiger partial charge in [-0.1, -0.05) is 38.1 Å². The fraction of sp³-hybridized carbons (Fsp3) is 0.667. The predicted molar refractivity (Wildman–Crippen MR) is 86.5 cm³/mol. The van der Waals surface area contributed by atoms with Gasteiger partial charge < -0.3 is 10.1 Å². The number of benzene rings is 1. The fourth-order valence-electron chi connectivity index (χ4n) is 3.56. The fourth-order valence-corrected chi connectivity index (χ4v) is 3.56. The van der Waals surface area contributed by atoms with Crippen LogP contribution in [0, 0.1) is 5.41 Å². The molecule has 116 valence electrons. The topological polar surface area (TPSA) is 24.5 Å². The summed E-state index contributed by atoms with van der Waals surface area (Å²) in [4.78, 5) is 2.59. The Morgan fingerprint density at radius 2 is 2.14 bits per heavy atom. The van der Waals surface area contributed by atoms with Gasteiger partial charge in [-0.3, -0.25) is 4.90 Å². The smallest absolute Gasteiger partial charge is 0.0952 e. The number of hydrogen-bond donors (Lipinski definition) is 1. The van der Waals surface area contributed by atoms with E-state index in [1.807, 2.05) is 0 Å². The second kappa shape index (κ2) is 6.47. The Balaban J connectivity index is 1.62. The molecule has 0 amide bonds. The molecule has 2 saturated heterocycles. The van der Waals surface area contributed by atoms with Gasteiger partial charge in [0.25, 0.3) is 0 Å². The third-order valence-electron chi connectivity index (χ3n) is 4.97. The second-order valence-corrected chi connectivity index (χ2v) is 6.93. The molecule has 0 bridgehead atoms. The molecule has 1 N–H and O–H groups in total. The zero-order chi connectivity index (χ0) is 14.7. The Bertz CT molecular complexity index is 451. The Kier molecular flexibility index (Phi) is 4.63. The lowest BCUT2D eigenvalue weighted by Crippen LogP contribution is -2.44. The summed E-state index contributed by atoms with van der Waals surface area (Å²) in [6.45, 7) is 11.1. The van der Waals surface area contributed by atoms with Crippen molar-refractivity contribution in [2.24, 2.45) is 5.41 Å². The summed E-state index contributed by atoms with van der Waals surface area (Å²) in [6, 6.07) is 8.96. The van der Waals surface area contributed by atoms with Gasteiger partial charge in [-0.25, -0.2) is 0 Å². The van der Waals surface area contributed by atoms with Gasteiger partial charge in [0.1, 0.15) is 0 Å². The zero-order valence-corrected chi connectivity index (χ0v) is 13.4. The highest BCUT2D eigenvalue weighted by Gasteiger charge is 2.32. The SMILES string of the molecule is CCc1ccc(C2CN(CC3(C)CCNC3)CCO2)cc1. The van der Waals surface area contributed by atoms with Crippen LogP contribution in [0.2, 0.25) is 0 Å². The Morgan fingerprint density at radius 1 is 1.33 bits per heavy atom. The predicted octanol–water partition coefficient (Wildman–Crippen LogP) is 2.62. The molecule has 0 aliphatic carbocycles. The quantitative estimate of drug-likeness (QED) is 0.922. The Hall–Kier alpha value is -0.900. The first-order valence-electron chi connectivity index (χ1n) is 8.32. The first-order chi connectivity index (χ1) is 10.2. The van der Waals surface area contributed by atoms with Crippen molar-refractivity contribution < 1.29 is 4.74 Å². The molecule has 0 aromatic heterocycles. The van der Waals surface area contributed by atoms with Crippen LogP contribution < -0.4 is 5.32 Å². The lowest BCUT2D eigenvalue weighted by atomic mass is 9.89. The molecule has 2 heterocycles. The van der Waals surface area contributed by atoms with Gasteiger partial charge in [0.2, 0.25) is 0 Å². The monoisotopic (exact) mass is 288 g/mol. The summed E-state index contributed by atoms with van der Waals surface area (Å²) < 4.78 is 6.01. The van der Waals surface area contributed by atoms with Crippen molar-refractivity contribution >= 4 is 0 Å². The molecular formula is C18H28N2O. The molecule has 2 unspecified atom stereocenters. The number of nitrogens with zero attached hydrogens (tertiary/aromatic N) is 1. The minimum absolute atomic E-state index is 0.239. The molecule has 3 heteroatoms. The van der Waals surface area contributed by atoms with Crippen LogP contribution in [0.4, 0.5) is 0 Å². The minimum Gasteiger partial charge on any atom is -0.371 e. The number of morpholine rings is 1. The maximum Gasteiger partial charge on any atom is 0.0952 e. The minimum atomic E-state index is 0.239. The van der Waals surface area contributed by atoms with Crippen molar-refractivity contribution in [3.63, 3.8) is 0 Å². The molecule has 3 rings (SSSR count). The van der Waals surface area contributed by atoms with E-state index in [9.17, 15) is 0 Å². The van der Waals surface area contributed by atoms with Crippen molar-refractivity contribution in [3.05, 3.63) is 35.4 Å². The largest absolute Gasteiger partial charge is 0.371 e. The number of aryl methyl sites for hydroxylation is 1. The van der Waals surface area contributed by atoms with E-state index in [0.29, 0.717) is 5.41 Å². The van der Waals surface area contributed by atoms with Gasteiger partial charge in [-0.05, 0) is 35.9 Å². The standard InChI is InChI=1S/C18H28N2O/c1-3-15-4-6-16(7-5-15)17-12-20(10-11-21-17)14-18(2)8-9-19-13-18/h4-7,17,19H,3,8-14H2,1-2H3. The van der Waals surface area contributed by atoms with Crippen molar-refractivity contribution in [1.29, 1.82) is 0 Å². The van der Waals surface area contributed by atoms with Gasteiger partial charge in [0.05, 0.1) is 12.7 Å². The summed E-state index contributed by atoms with van der Waals surface area (Å²) in [5.74, 6) is 0. The molecule has 2 aliphatic heterocycles. The lowest BCUT2D eigenvalue weighted by molar-refractivity contribution is -0.0400. The van der Waals surface area contributed by atoms with Crippen LogP contribution in [0.25, 0.3) is 0 Å². The molecule has 2 aliphatic rings. The van der Waals surface area contributed by atoms with Gasteiger partial charge in [0.15, 0.2) is 0 Å². The van der Waals surface area contributed by atoms with Gasteiger partial charge in [0, 0.05) is 26.2 Å². The van der Waals surface area contributed by atoms with Crippen molar-refractivity contribution in [2.75, 3.05) is 39.3 Å².